The lowest BCUT2D eigenvalue weighted by molar-refractivity contribution is -0.121. The molecule has 4 rings (SSSR count). The number of hydrogen-bond donors (Lipinski definition) is 2. The molecule has 1 aliphatic rings. The minimum Gasteiger partial charge on any atom is -0.337 e. The summed E-state index contributed by atoms with van der Waals surface area (Å²) in [4.78, 5) is 27.2. The van der Waals surface area contributed by atoms with E-state index < -0.39 is 0 Å². The van der Waals surface area contributed by atoms with Crippen molar-refractivity contribution in [2.24, 2.45) is 5.92 Å². The molecule has 2 heterocycles. The molecule has 28 heavy (non-hydrogen) atoms. The number of H-pyrrole nitrogens is 1. The van der Waals surface area contributed by atoms with Crippen molar-refractivity contribution in [3.8, 4) is 11.3 Å². The predicted molar refractivity (Wildman–Crippen MR) is 108 cm³/mol. The van der Waals surface area contributed by atoms with Gasteiger partial charge < -0.3 is 10.2 Å². The zero-order valence-electron chi connectivity index (χ0n) is 15.5. The van der Waals surface area contributed by atoms with Crippen LogP contribution in [-0.4, -0.2) is 40.0 Å². The van der Waals surface area contributed by atoms with E-state index >= 15 is 0 Å². The van der Waals surface area contributed by atoms with Crippen molar-refractivity contribution < 1.29 is 9.59 Å². The van der Waals surface area contributed by atoms with E-state index in [-0.39, 0.29) is 17.7 Å². The van der Waals surface area contributed by atoms with Gasteiger partial charge in [-0.1, -0.05) is 48.5 Å². The highest BCUT2D eigenvalue weighted by Crippen LogP contribution is 2.22. The summed E-state index contributed by atoms with van der Waals surface area (Å²) in [6, 6.07) is 20.9. The molecule has 1 atom stereocenters. The van der Waals surface area contributed by atoms with E-state index in [1.54, 1.807) is 11.0 Å². The molecule has 0 unspecified atom stereocenters. The van der Waals surface area contributed by atoms with Gasteiger partial charge in [0.25, 0.3) is 5.91 Å². The molecule has 6 heteroatoms. The van der Waals surface area contributed by atoms with E-state index in [9.17, 15) is 9.59 Å². The second kappa shape index (κ2) is 8.08. The highest BCUT2D eigenvalue weighted by Gasteiger charge is 2.29. The van der Waals surface area contributed by atoms with Crippen LogP contribution in [0.4, 0.5) is 5.69 Å². The van der Waals surface area contributed by atoms with Gasteiger partial charge in [0.15, 0.2) is 0 Å². The van der Waals surface area contributed by atoms with Gasteiger partial charge in [0.1, 0.15) is 5.69 Å². The first-order chi connectivity index (χ1) is 13.7. The minimum atomic E-state index is -0.213. The van der Waals surface area contributed by atoms with E-state index in [1.165, 1.54) is 0 Å². The maximum atomic E-state index is 12.9. The Morgan fingerprint density at radius 2 is 1.75 bits per heavy atom. The van der Waals surface area contributed by atoms with Gasteiger partial charge in [-0.15, -0.1) is 0 Å². The molecule has 2 N–H and O–H groups in total. The first-order valence-electron chi connectivity index (χ1n) is 9.47. The summed E-state index contributed by atoms with van der Waals surface area (Å²) in [5.74, 6) is -0.375. The van der Waals surface area contributed by atoms with Crippen LogP contribution in [-0.2, 0) is 4.79 Å². The third-order valence-corrected chi connectivity index (χ3v) is 5.00. The Hall–Kier alpha value is -3.41. The fourth-order valence-corrected chi connectivity index (χ4v) is 3.50. The Kier molecular flexibility index (Phi) is 5.19. The maximum Gasteiger partial charge on any atom is 0.271 e. The smallest absolute Gasteiger partial charge is 0.271 e. The van der Waals surface area contributed by atoms with Gasteiger partial charge in [0.2, 0.25) is 5.91 Å². The quantitative estimate of drug-likeness (QED) is 0.733. The number of nitrogens with one attached hydrogen (secondary N) is 2. The number of benzene rings is 2. The van der Waals surface area contributed by atoms with Crippen molar-refractivity contribution in [2.75, 3.05) is 18.4 Å². The third-order valence-electron chi connectivity index (χ3n) is 5.00. The number of likely N-dealkylation sites (tertiary alicyclic amines) is 1. The summed E-state index contributed by atoms with van der Waals surface area (Å²) in [6.45, 7) is 1.06. The van der Waals surface area contributed by atoms with Gasteiger partial charge in [0.05, 0.1) is 11.6 Å². The Balaban J connectivity index is 1.42. The molecular formula is C22H22N4O2. The zero-order chi connectivity index (χ0) is 19.3. The molecule has 142 valence electrons. The molecule has 6 nitrogen and oxygen atoms in total. The number of anilines is 1. The summed E-state index contributed by atoms with van der Waals surface area (Å²) in [5, 5.41) is 10.0. The molecular weight excluding hydrogens is 352 g/mol. The van der Waals surface area contributed by atoms with Gasteiger partial charge >= 0.3 is 0 Å². The number of aromatic amines is 1. The second-order valence-electron chi connectivity index (χ2n) is 6.98. The molecule has 0 radical (unpaired) electrons. The lowest BCUT2D eigenvalue weighted by atomic mass is 9.96. The molecule has 1 aromatic heterocycles. The maximum absolute atomic E-state index is 12.9. The van der Waals surface area contributed by atoms with Crippen LogP contribution < -0.4 is 5.32 Å². The average molecular weight is 374 g/mol. The van der Waals surface area contributed by atoms with E-state index in [2.05, 4.69) is 15.5 Å². The van der Waals surface area contributed by atoms with Crippen LogP contribution in [0.1, 0.15) is 23.3 Å². The van der Waals surface area contributed by atoms with Gasteiger partial charge in [-0.05, 0) is 31.0 Å². The fraction of sp³-hybridized carbons (Fsp3) is 0.227. The Labute approximate surface area is 163 Å². The zero-order valence-corrected chi connectivity index (χ0v) is 15.5. The molecule has 2 amide bonds. The van der Waals surface area contributed by atoms with Crippen molar-refractivity contribution in [3.05, 3.63) is 72.4 Å². The number of carbonyl (C=O) groups excluding carboxylic acids is 2. The topological polar surface area (TPSA) is 78.1 Å². The number of rotatable bonds is 4. The first-order valence-corrected chi connectivity index (χ1v) is 9.47. The van der Waals surface area contributed by atoms with E-state index in [1.807, 2.05) is 60.7 Å². The number of nitrogens with zero attached hydrogens (tertiary/aromatic N) is 2. The predicted octanol–water partition coefficient (Wildman–Crippen LogP) is 3.57. The van der Waals surface area contributed by atoms with E-state index in [0.29, 0.717) is 18.8 Å². The van der Waals surface area contributed by atoms with Crippen molar-refractivity contribution in [2.45, 2.75) is 12.8 Å². The van der Waals surface area contributed by atoms with Crippen LogP contribution in [0, 0.1) is 5.92 Å². The average Bonchev–Trinajstić information content (AvgIpc) is 3.25. The molecule has 1 fully saturated rings. The molecule has 2 aromatic carbocycles. The highest BCUT2D eigenvalue weighted by atomic mass is 16.2. The SMILES string of the molecule is O=C(Nc1ccccc1)[C@H]1CCCN(C(=O)c2cc(-c3ccccc3)n[nH]2)C1. The van der Waals surface area contributed by atoms with Gasteiger partial charge in [-0.3, -0.25) is 14.7 Å². The summed E-state index contributed by atoms with van der Waals surface area (Å²) in [5.41, 5.74) is 2.91. The van der Waals surface area contributed by atoms with Crippen LogP contribution in [0.2, 0.25) is 0 Å². The molecule has 0 saturated carbocycles. The molecule has 0 bridgehead atoms. The summed E-state index contributed by atoms with van der Waals surface area (Å²) in [6.07, 6.45) is 1.58. The van der Waals surface area contributed by atoms with E-state index in [4.69, 9.17) is 0 Å². The highest BCUT2D eigenvalue weighted by molar-refractivity contribution is 5.95. The largest absolute Gasteiger partial charge is 0.337 e. The Morgan fingerprint density at radius 3 is 2.50 bits per heavy atom. The van der Waals surface area contributed by atoms with Crippen molar-refractivity contribution in [1.82, 2.24) is 15.1 Å². The Morgan fingerprint density at radius 1 is 1.04 bits per heavy atom. The molecule has 0 spiro atoms. The van der Waals surface area contributed by atoms with Crippen LogP contribution in [0.15, 0.2) is 66.7 Å². The van der Waals surface area contributed by atoms with Crippen molar-refractivity contribution >= 4 is 17.5 Å². The summed E-state index contributed by atoms with van der Waals surface area (Å²) in [7, 11) is 0. The van der Waals surface area contributed by atoms with Crippen molar-refractivity contribution in [1.29, 1.82) is 0 Å². The lowest BCUT2D eigenvalue weighted by Gasteiger charge is -2.31. The van der Waals surface area contributed by atoms with Crippen LogP contribution in [0.5, 0.6) is 0 Å². The first kappa shape index (κ1) is 18.0. The number of hydrogen-bond acceptors (Lipinski definition) is 3. The summed E-state index contributed by atoms with van der Waals surface area (Å²) < 4.78 is 0. The van der Waals surface area contributed by atoms with Crippen molar-refractivity contribution in [3.63, 3.8) is 0 Å². The standard InChI is InChI=1S/C22H22N4O2/c27-21(23-18-11-5-2-6-12-18)17-10-7-13-26(15-17)22(28)20-14-19(24-25-20)16-8-3-1-4-9-16/h1-6,8-9,11-12,14,17H,7,10,13,15H2,(H,23,27)(H,24,25)/t17-/m0/s1. The normalized spacial score (nSPS) is 16.6. The van der Waals surface area contributed by atoms with Crippen LogP contribution >= 0.6 is 0 Å². The molecule has 1 aliphatic heterocycles. The van der Waals surface area contributed by atoms with Gasteiger partial charge in [-0.25, -0.2) is 0 Å². The number of aromatic nitrogens is 2. The van der Waals surface area contributed by atoms with E-state index in [0.717, 1.165) is 29.8 Å². The molecule has 1 saturated heterocycles. The third kappa shape index (κ3) is 3.96. The summed E-state index contributed by atoms with van der Waals surface area (Å²) >= 11 is 0. The van der Waals surface area contributed by atoms with Crippen LogP contribution in [0.3, 0.4) is 0 Å². The molecule has 0 aliphatic carbocycles. The number of amides is 2. The van der Waals surface area contributed by atoms with Crippen LogP contribution in [0.25, 0.3) is 11.3 Å². The number of para-hydroxylation sites is 1. The molecule has 3 aromatic rings. The minimum absolute atomic E-state index is 0.0433. The Bertz CT molecular complexity index is 953. The second-order valence-corrected chi connectivity index (χ2v) is 6.98. The number of carbonyl (C=O) groups is 2. The van der Waals surface area contributed by atoms with Gasteiger partial charge in [-0.2, -0.15) is 5.10 Å². The number of piperidine rings is 1. The monoisotopic (exact) mass is 374 g/mol. The lowest BCUT2D eigenvalue weighted by Crippen LogP contribution is -2.43. The van der Waals surface area contributed by atoms with Gasteiger partial charge in [0, 0.05) is 24.3 Å². The fourth-order valence-electron chi connectivity index (χ4n) is 3.50.